The molecule has 0 saturated carbocycles. The van der Waals surface area contributed by atoms with Gasteiger partial charge in [0.15, 0.2) is 0 Å². The molecule has 25 heavy (non-hydrogen) atoms. The van der Waals surface area contributed by atoms with E-state index in [0.29, 0.717) is 22.6 Å². The van der Waals surface area contributed by atoms with Crippen LogP contribution in [-0.2, 0) is 6.54 Å². The molecule has 0 bridgehead atoms. The van der Waals surface area contributed by atoms with Crippen LogP contribution in [0.4, 0.5) is 0 Å². The second-order valence-electron chi connectivity index (χ2n) is 5.76. The van der Waals surface area contributed by atoms with Gasteiger partial charge in [-0.05, 0) is 30.3 Å². The van der Waals surface area contributed by atoms with Crippen LogP contribution in [0, 0.1) is 0 Å². The highest BCUT2D eigenvalue weighted by atomic mass is 16.5. The van der Waals surface area contributed by atoms with Gasteiger partial charge < -0.3 is 4.74 Å². The fourth-order valence-corrected chi connectivity index (χ4v) is 2.90. The lowest BCUT2D eigenvalue weighted by Gasteiger charge is -2.17. The highest BCUT2D eigenvalue weighted by Crippen LogP contribution is 2.29. The normalized spacial score (nSPS) is 13.0. The standard InChI is InChI=1S/C21H15NO3/c23-20-17-11-5-6-12-18(17)21(24)22(20)14-15-8-4-7-13-19(15)25-16-9-2-1-3-10-16/h1-13H,14H2. The largest absolute Gasteiger partial charge is 0.457 e. The van der Waals surface area contributed by atoms with Crippen molar-refractivity contribution in [2.24, 2.45) is 0 Å². The number of imide groups is 1. The van der Waals surface area contributed by atoms with Crippen molar-refractivity contribution >= 4 is 11.8 Å². The molecule has 4 heteroatoms. The topological polar surface area (TPSA) is 46.6 Å². The molecule has 122 valence electrons. The molecule has 2 amide bonds. The summed E-state index contributed by atoms with van der Waals surface area (Å²) in [4.78, 5) is 26.4. The molecule has 1 heterocycles. The lowest BCUT2D eigenvalue weighted by molar-refractivity contribution is 0.0641. The lowest BCUT2D eigenvalue weighted by Crippen LogP contribution is -2.29. The third kappa shape index (κ3) is 2.78. The van der Waals surface area contributed by atoms with Crippen molar-refractivity contribution in [3.63, 3.8) is 0 Å². The Balaban J connectivity index is 1.62. The number of nitrogens with zero attached hydrogens (tertiary/aromatic N) is 1. The second-order valence-corrected chi connectivity index (χ2v) is 5.76. The third-order valence-electron chi connectivity index (χ3n) is 4.15. The lowest BCUT2D eigenvalue weighted by atomic mass is 10.1. The molecule has 0 unspecified atom stereocenters. The first-order valence-corrected chi connectivity index (χ1v) is 8.00. The van der Waals surface area contributed by atoms with Crippen molar-refractivity contribution in [1.29, 1.82) is 0 Å². The second kappa shape index (κ2) is 6.24. The Labute approximate surface area is 145 Å². The maximum Gasteiger partial charge on any atom is 0.261 e. The molecular formula is C21H15NO3. The number of hydrogen-bond acceptors (Lipinski definition) is 3. The summed E-state index contributed by atoms with van der Waals surface area (Å²) in [6.45, 7) is 0.176. The molecule has 0 fully saturated rings. The number of amides is 2. The molecule has 1 aliphatic heterocycles. The zero-order valence-electron chi connectivity index (χ0n) is 13.4. The van der Waals surface area contributed by atoms with Gasteiger partial charge in [-0.3, -0.25) is 14.5 Å². The molecule has 1 aliphatic rings. The van der Waals surface area contributed by atoms with Crippen molar-refractivity contribution < 1.29 is 14.3 Å². The van der Waals surface area contributed by atoms with Crippen molar-refractivity contribution in [2.75, 3.05) is 0 Å². The highest BCUT2D eigenvalue weighted by molar-refractivity contribution is 6.21. The molecule has 4 nitrogen and oxygen atoms in total. The van der Waals surface area contributed by atoms with Crippen molar-refractivity contribution in [3.8, 4) is 11.5 Å². The van der Waals surface area contributed by atoms with Gasteiger partial charge in [-0.1, -0.05) is 48.5 Å². The smallest absolute Gasteiger partial charge is 0.261 e. The molecule has 0 N–H and O–H groups in total. The van der Waals surface area contributed by atoms with E-state index in [1.807, 2.05) is 54.6 Å². The molecule has 3 aromatic rings. The van der Waals surface area contributed by atoms with E-state index in [1.165, 1.54) is 4.90 Å². The molecule has 3 aromatic carbocycles. The highest BCUT2D eigenvalue weighted by Gasteiger charge is 2.35. The number of benzene rings is 3. The van der Waals surface area contributed by atoms with Crippen molar-refractivity contribution in [1.82, 2.24) is 4.90 Å². The van der Waals surface area contributed by atoms with E-state index in [9.17, 15) is 9.59 Å². The van der Waals surface area contributed by atoms with Gasteiger partial charge in [0.1, 0.15) is 11.5 Å². The summed E-state index contributed by atoms with van der Waals surface area (Å²) in [5, 5.41) is 0. The summed E-state index contributed by atoms with van der Waals surface area (Å²) in [7, 11) is 0. The quantitative estimate of drug-likeness (QED) is 0.671. The number of ether oxygens (including phenoxy) is 1. The van der Waals surface area contributed by atoms with Crippen LogP contribution in [-0.4, -0.2) is 16.7 Å². The summed E-state index contributed by atoms with van der Waals surface area (Å²) in [6.07, 6.45) is 0. The summed E-state index contributed by atoms with van der Waals surface area (Å²) >= 11 is 0. The van der Waals surface area contributed by atoms with Gasteiger partial charge in [-0.2, -0.15) is 0 Å². The first kappa shape index (κ1) is 15.1. The van der Waals surface area contributed by atoms with Gasteiger partial charge in [0.25, 0.3) is 11.8 Å². The fraction of sp³-hybridized carbons (Fsp3) is 0.0476. The van der Waals surface area contributed by atoms with Gasteiger partial charge in [0.2, 0.25) is 0 Å². The zero-order valence-corrected chi connectivity index (χ0v) is 13.4. The predicted molar refractivity (Wildman–Crippen MR) is 93.6 cm³/mol. The number of fused-ring (bicyclic) bond motifs is 1. The minimum Gasteiger partial charge on any atom is -0.457 e. The van der Waals surface area contributed by atoms with Crippen LogP contribution in [0.25, 0.3) is 0 Å². The summed E-state index contributed by atoms with van der Waals surface area (Å²) in [6, 6.07) is 23.7. The van der Waals surface area contributed by atoms with Crippen molar-refractivity contribution in [2.45, 2.75) is 6.54 Å². The van der Waals surface area contributed by atoms with Gasteiger partial charge in [0.05, 0.1) is 17.7 Å². The van der Waals surface area contributed by atoms with Gasteiger partial charge in [-0.25, -0.2) is 0 Å². The van der Waals surface area contributed by atoms with E-state index in [0.717, 1.165) is 5.56 Å². The first-order valence-electron chi connectivity index (χ1n) is 8.00. The van der Waals surface area contributed by atoms with Crippen LogP contribution in [0.1, 0.15) is 26.3 Å². The monoisotopic (exact) mass is 329 g/mol. The van der Waals surface area contributed by atoms with Crippen LogP contribution in [0.3, 0.4) is 0 Å². The molecule has 0 radical (unpaired) electrons. The zero-order chi connectivity index (χ0) is 17.2. The fourth-order valence-electron chi connectivity index (χ4n) is 2.90. The molecule has 0 aromatic heterocycles. The molecule has 0 saturated heterocycles. The van der Waals surface area contributed by atoms with Gasteiger partial charge in [-0.15, -0.1) is 0 Å². The molecule has 4 rings (SSSR count). The first-order chi connectivity index (χ1) is 12.2. The minimum atomic E-state index is -0.268. The molecule has 0 spiro atoms. The molecule has 0 atom stereocenters. The Morgan fingerprint density at radius 2 is 1.24 bits per heavy atom. The maximum absolute atomic E-state index is 12.5. The van der Waals surface area contributed by atoms with E-state index < -0.39 is 0 Å². The van der Waals surface area contributed by atoms with Crippen LogP contribution in [0.15, 0.2) is 78.9 Å². The SMILES string of the molecule is O=C1c2ccccc2C(=O)N1Cc1ccccc1Oc1ccccc1. The Hall–Kier alpha value is -3.40. The van der Waals surface area contributed by atoms with E-state index in [4.69, 9.17) is 4.74 Å². The Bertz CT molecular complexity index is 915. The summed E-state index contributed by atoms with van der Waals surface area (Å²) in [5.74, 6) is 0.799. The summed E-state index contributed by atoms with van der Waals surface area (Å²) in [5.41, 5.74) is 1.68. The van der Waals surface area contributed by atoms with E-state index in [2.05, 4.69) is 0 Å². The third-order valence-corrected chi connectivity index (χ3v) is 4.15. The Morgan fingerprint density at radius 1 is 0.680 bits per heavy atom. The van der Waals surface area contributed by atoms with E-state index in [1.54, 1.807) is 24.3 Å². The Kier molecular flexibility index (Phi) is 3.78. The van der Waals surface area contributed by atoms with E-state index in [-0.39, 0.29) is 18.4 Å². The number of para-hydroxylation sites is 2. The number of hydrogen-bond donors (Lipinski definition) is 0. The molecule has 0 aliphatic carbocycles. The minimum absolute atomic E-state index is 0.176. The van der Waals surface area contributed by atoms with Crippen LogP contribution >= 0.6 is 0 Å². The number of carbonyl (C=O) groups is 2. The van der Waals surface area contributed by atoms with Crippen LogP contribution < -0.4 is 4.74 Å². The van der Waals surface area contributed by atoms with Crippen LogP contribution in [0.2, 0.25) is 0 Å². The predicted octanol–water partition coefficient (Wildman–Crippen LogP) is 4.28. The van der Waals surface area contributed by atoms with Crippen LogP contribution in [0.5, 0.6) is 11.5 Å². The van der Waals surface area contributed by atoms with E-state index >= 15 is 0 Å². The molecular weight excluding hydrogens is 314 g/mol. The average molecular weight is 329 g/mol. The average Bonchev–Trinajstić information content (AvgIpc) is 2.89. The van der Waals surface area contributed by atoms with Gasteiger partial charge in [0, 0.05) is 5.56 Å². The maximum atomic E-state index is 12.5. The number of rotatable bonds is 4. The van der Waals surface area contributed by atoms with Crippen molar-refractivity contribution in [3.05, 3.63) is 95.6 Å². The van der Waals surface area contributed by atoms with Gasteiger partial charge >= 0.3 is 0 Å². The Morgan fingerprint density at radius 3 is 1.92 bits per heavy atom. The number of carbonyl (C=O) groups excluding carboxylic acids is 2. The summed E-state index contributed by atoms with van der Waals surface area (Å²) < 4.78 is 5.92.